The molecule has 1 aliphatic rings. The molecule has 37 heavy (non-hydrogen) atoms. The second-order valence-electron chi connectivity index (χ2n) is 9.37. The number of fused-ring (bicyclic) bond motifs is 1. The summed E-state index contributed by atoms with van der Waals surface area (Å²) in [5.41, 5.74) is 0.923. The molecule has 6 nitrogen and oxygen atoms in total. The maximum absolute atomic E-state index is 14.3. The summed E-state index contributed by atoms with van der Waals surface area (Å²) in [5.74, 6) is -0.654. The number of pyridine rings is 1. The number of aromatic amines is 1. The summed E-state index contributed by atoms with van der Waals surface area (Å²) < 4.78 is 63.7. The molecule has 196 valence electrons. The smallest absolute Gasteiger partial charge is 0.433 e. The van der Waals surface area contributed by atoms with Crippen molar-refractivity contribution in [3.8, 4) is 16.9 Å². The van der Waals surface area contributed by atoms with Gasteiger partial charge in [0.2, 0.25) is 0 Å². The molecule has 0 unspecified atom stereocenters. The fourth-order valence-corrected chi connectivity index (χ4v) is 5.57. The molecule has 0 amide bonds. The Morgan fingerprint density at radius 3 is 2.59 bits per heavy atom. The van der Waals surface area contributed by atoms with E-state index in [0.29, 0.717) is 53.6 Å². The summed E-state index contributed by atoms with van der Waals surface area (Å²) in [4.78, 5) is 7.40. The van der Waals surface area contributed by atoms with Crippen molar-refractivity contribution in [2.45, 2.75) is 56.8 Å². The second kappa shape index (κ2) is 9.64. The molecule has 1 aromatic carbocycles. The van der Waals surface area contributed by atoms with E-state index in [0.717, 1.165) is 4.68 Å². The zero-order valence-electron chi connectivity index (χ0n) is 20.1. The van der Waals surface area contributed by atoms with E-state index in [1.165, 1.54) is 31.6 Å². The van der Waals surface area contributed by atoms with Crippen LogP contribution in [-0.4, -0.2) is 38.1 Å². The van der Waals surface area contributed by atoms with Crippen LogP contribution in [0.4, 0.5) is 17.6 Å². The van der Waals surface area contributed by atoms with Gasteiger partial charge < -0.3 is 14.8 Å². The zero-order chi connectivity index (χ0) is 26.5. The molecule has 0 saturated heterocycles. The summed E-state index contributed by atoms with van der Waals surface area (Å²) >= 11 is 6.29. The fraction of sp³-hybridized carbons (Fsp3) is 0.385. The number of aliphatic hydroxyl groups excluding tert-OH is 1. The standard InChI is InChI=1S/C26H25ClF4N4O2/c1-13(22-21(37-2)8-7-20(28)23(22)27)18-11-33-25-17(18)9-14(10-32-25)19-12-34-35(24(19)26(29,30)31)15-3-5-16(36)6-4-15/h7-13,15-16,36H,3-6H2,1-2H3,(H,32,33)/t13-,15?,16?/m0/s1. The van der Waals surface area contributed by atoms with E-state index in [-0.39, 0.29) is 16.1 Å². The summed E-state index contributed by atoms with van der Waals surface area (Å²) in [7, 11) is 1.46. The lowest BCUT2D eigenvalue weighted by atomic mass is 9.91. The van der Waals surface area contributed by atoms with Crippen molar-refractivity contribution in [2.75, 3.05) is 7.11 Å². The molecule has 0 spiro atoms. The first-order valence-corrected chi connectivity index (χ1v) is 12.3. The van der Waals surface area contributed by atoms with Crippen molar-refractivity contribution in [3.63, 3.8) is 0 Å². The number of rotatable bonds is 5. The first-order valence-electron chi connectivity index (χ1n) is 11.9. The first kappa shape index (κ1) is 25.5. The highest BCUT2D eigenvalue weighted by Crippen LogP contribution is 2.43. The molecule has 3 aromatic heterocycles. The highest BCUT2D eigenvalue weighted by Gasteiger charge is 2.41. The van der Waals surface area contributed by atoms with Crippen molar-refractivity contribution in [3.05, 3.63) is 64.5 Å². The molecule has 0 radical (unpaired) electrons. The lowest BCUT2D eigenvalue weighted by Gasteiger charge is -2.27. The van der Waals surface area contributed by atoms with Gasteiger partial charge in [0.25, 0.3) is 0 Å². The Bertz CT molecular complexity index is 1440. The van der Waals surface area contributed by atoms with E-state index >= 15 is 0 Å². The van der Waals surface area contributed by atoms with Gasteiger partial charge in [-0.25, -0.2) is 9.37 Å². The summed E-state index contributed by atoms with van der Waals surface area (Å²) in [6.07, 6.45) is 0.844. The molecule has 11 heteroatoms. The second-order valence-corrected chi connectivity index (χ2v) is 9.75. The maximum atomic E-state index is 14.3. The number of H-pyrrole nitrogens is 1. The molecule has 1 fully saturated rings. The molecule has 0 bridgehead atoms. The Morgan fingerprint density at radius 1 is 1.19 bits per heavy atom. The van der Waals surface area contributed by atoms with Gasteiger partial charge in [-0.3, -0.25) is 4.68 Å². The lowest BCUT2D eigenvalue weighted by molar-refractivity contribution is -0.144. The summed E-state index contributed by atoms with van der Waals surface area (Å²) in [6.45, 7) is 1.81. The number of hydrogen-bond acceptors (Lipinski definition) is 4. The van der Waals surface area contributed by atoms with Crippen molar-refractivity contribution >= 4 is 22.6 Å². The van der Waals surface area contributed by atoms with E-state index in [1.807, 2.05) is 6.92 Å². The van der Waals surface area contributed by atoms with Gasteiger partial charge in [0.15, 0.2) is 5.69 Å². The molecule has 1 saturated carbocycles. The van der Waals surface area contributed by atoms with Gasteiger partial charge in [-0.2, -0.15) is 18.3 Å². The largest absolute Gasteiger partial charge is 0.496 e. The molecule has 3 heterocycles. The number of aromatic nitrogens is 4. The third kappa shape index (κ3) is 4.57. The van der Waals surface area contributed by atoms with Crippen molar-refractivity contribution in [2.24, 2.45) is 0 Å². The first-order chi connectivity index (χ1) is 17.6. The highest BCUT2D eigenvalue weighted by atomic mass is 35.5. The number of methoxy groups -OCH3 is 1. The number of nitrogens with zero attached hydrogens (tertiary/aromatic N) is 3. The van der Waals surface area contributed by atoms with Gasteiger partial charge >= 0.3 is 6.18 Å². The number of benzene rings is 1. The molecular weight excluding hydrogens is 512 g/mol. The predicted molar refractivity (Wildman–Crippen MR) is 131 cm³/mol. The molecule has 5 rings (SSSR count). The summed E-state index contributed by atoms with van der Waals surface area (Å²) in [5, 5.41) is 14.4. The quantitative estimate of drug-likeness (QED) is 0.273. The minimum Gasteiger partial charge on any atom is -0.496 e. The van der Waals surface area contributed by atoms with Crippen molar-refractivity contribution < 1.29 is 27.4 Å². The number of hydrogen-bond donors (Lipinski definition) is 2. The Labute approximate surface area is 215 Å². The van der Waals surface area contributed by atoms with Crippen LogP contribution in [0.5, 0.6) is 5.75 Å². The van der Waals surface area contributed by atoms with Crippen LogP contribution >= 0.6 is 11.6 Å². The molecule has 1 aliphatic carbocycles. The Balaban J connectivity index is 1.61. The molecule has 2 N–H and O–H groups in total. The lowest BCUT2D eigenvalue weighted by Crippen LogP contribution is -2.25. The molecular formula is C26H25ClF4N4O2. The van der Waals surface area contributed by atoms with Crippen LogP contribution in [0.15, 0.2) is 36.8 Å². The van der Waals surface area contributed by atoms with Crippen LogP contribution in [0.2, 0.25) is 5.02 Å². The van der Waals surface area contributed by atoms with E-state index < -0.39 is 35.8 Å². The fourth-order valence-electron chi connectivity index (χ4n) is 5.25. The molecule has 0 aliphatic heterocycles. The minimum atomic E-state index is -4.65. The normalized spacial score (nSPS) is 19.4. The van der Waals surface area contributed by atoms with Crippen LogP contribution in [0.3, 0.4) is 0 Å². The van der Waals surface area contributed by atoms with Gasteiger partial charge in [-0.15, -0.1) is 0 Å². The topological polar surface area (TPSA) is 76.0 Å². The van der Waals surface area contributed by atoms with Gasteiger partial charge in [0.1, 0.15) is 17.2 Å². The zero-order valence-corrected chi connectivity index (χ0v) is 20.9. The van der Waals surface area contributed by atoms with Crippen molar-refractivity contribution in [1.29, 1.82) is 0 Å². The third-order valence-corrected chi connectivity index (χ3v) is 7.55. The van der Waals surface area contributed by atoms with Gasteiger partial charge in [-0.05, 0) is 49.4 Å². The summed E-state index contributed by atoms with van der Waals surface area (Å²) in [6, 6.07) is 3.89. The van der Waals surface area contributed by atoms with Gasteiger partial charge in [0.05, 0.1) is 30.5 Å². The van der Waals surface area contributed by atoms with Crippen LogP contribution < -0.4 is 4.74 Å². The van der Waals surface area contributed by atoms with E-state index in [4.69, 9.17) is 16.3 Å². The third-order valence-electron chi connectivity index (χ3n) is 7.16. The number of ether oxygens (including phenoxy) is 1. The number of aliphatic hydroxyl groups is 1. The van der Waals surface area contributed by atoms with E-state index in [1.54, 1.807) is 12.3 Å². The SMILES string of the molecule is COc1ccc(F)c(Cl)c1[C@@H](C)c1c[nH]c2ncc(-c3cnn(C4CCC(O)CC4)c3C(F)(F)F)cc12. The minimum absolute atomic E-state index is 0.0748. The maximum Gasteiger partial charge on any atom is 0.433 e. The number of nitrogens with one attached hydrogen (secondary N) is 1. The van der Waals surface area contributed by atoms with Crippen LogP contribution in [0.25, 0.3) is 22.2 Å². The predicted octanol–water partition coefficient (Wildman–Crippen LogP) is 6.87. The van der Waals surface area contributed by atoms with Crippen molar-refractivity contribution in [1.82, 2.24) is 19.7 Å². The van der Waals surface area contributed by atoms with Crippen LogP contribution in [0.1, 0.15) is 61.4 Å². The Kier molecular flexibility index (Phi) is 6.66. The molecule has 4 aromatic rings. The van der Waals surface area contributed by atoms with E-state index in [2.05, 4.69) is 15.1 Å². The van der Waals surface area contributed by atoms with E-state index in [9.17, 15) is 22.7 Å². The van der Waals surface area contributed by atoms with Gasteiger partial charge in [0, 0.05) is 40.4 Å². The number of halogens is 5. The average Bonchev–Trinajstić information content (AvgIpc) is 3.50. The Hall–Kier alpha value is -3.11. The van der Waals surface area contributed by atoms with Crippen LogP contribution in [-0.2, 0) is 6.18 Å². The average molecular weight is 537 g/mol. The number of alkyl halides is 3. The van der Waals surface area contributed by atoms with Crippen LogP contribution in [0, 0.1) is 5.82 Å². The highest BCUT2D eigenvalue weighted by molar-refractivity contribution is 6.31. The monoisotopic (exact) mass is 536 g/mol. The molecule has 1 atom stereocenters. The Morgan fingerprint density at radius 2 is 1.92 bits per heavy atom. The van der Waals surface area contributed by atoms with Gasteiger partial charge in [-0.1, -0.05) is 18.5 Å².